The number of hydrogen-bond acceptors (Lipinski definition) is 4. The van der Waals surface area contributed by atoms with Crippen molar-refractivity contribution in [3.8, 4) is 0 Å². The fraction of sp³-hybridized carbons (Fsp3) is 0.625. The Balaban J connectivity index is 3.13. The molecule has 0 saturated heterocycles. The van der Waals surface area contributed by atoms with Gasteiger partial charge >= 0.3 is 5.97 Å². The Morgan fingerprint density at radius 3 is 2.83 bits per heavy atom. The summed E-state index contributed by atoms with van der Waals surface area (Å²) in [7, 11) is 0. The molecule has 4 heteroatoms. The second-order valence-corrected chi connectivity index (χ2v) is 2.06. The van der Waals surface area contributed by atoms with E-state index in [1.165, 1.54) is 6.08 Å². The van der Waals surface area contributed by atoms with E-state index in [1.807, 2.05) is 0 Å². The van der Waals surface area contributed by atoms with Crippen molar-refractivity contribution < 1.29 is 19.4 Å². The summed E-state index contributed by atoms with van der Waals surface area (Å²) in [5.74, 6) is -0.312. The number of carbonyl (C=O) groups excluding carboxylic acids is 1. The molecule has 0 aliphatic heterocycles. The molecule has 0 amide bonds. The van der Waals surface area contributed by atoms with Gasteiger partial charge in [-0.3, -0.25) is 4.79 Å². The maximum absolute atomic E-state index is 10.8. The number of rotatable bonds is 7. The second-order valence-electron chi connectivity index (χ2n) is 2.06. The van der Waals surface area contributed by atoms with Crippen molar-refractivity contribution in [2.45, 2.75) is 6.42 Å². The topological polar surface area (TPSA) is 55.8 Å². The molecule has 12 heavy (non-hydrogen) atoms. The highest BCUT2D eigenvalue weighted by atomic mass is 16.5. The molecule has 0 atom stereocenters. The van der Waals surface area contributed by atoms with Gasteiger partial charge in [-0.15, -0.1) is 0 Å². The maximum Gasteiger partial charge on any atom is 0.308 e. The van der Waals surface area contributed by atoms with Crippen molar-refractivity contribution >= 4 is 5.97 Å². The molecule has 0 spiro atoms. The van der Waals surface area contributed by atoms with Gasteiger partial charge in [0.15, 0.2) is 0 Å². The van der Waals surface area contributed by atoms with Crippen molar-refractivity contribution in [1.29, 1.82) is 0 Å². The van der Waals surface area contributed by atoms with E-state index in [-0.39, 0.29) is 38.8 Å². The molecular formula is C8H14O4. The second kappa shape index (κ2) is 8.23. The number of esters is 1. The van der Waals surface area contributed by atoms with Crippen molar-refractivity contribution in [2.24, 2.45) is 0 Å². The molecule has 0 bridgehead atoms. The Morgan fingerprint density at radius 1 is 1.50 bits per heavy atom. The molecule has 0 rings (SSSR count). The van der Waals surface area contributed by atoms with Gasteiger partial charge < -0.3 is 14.6 Å². The third-order valence-corrected chi connectivity index (χ3v) is 1.05. The first-order valence-electron chi connectivity index (χ1n) is 3.76. The third-order valence-electron chi connectivity index (χ3n) is 1.05. The monoisotopic (exact) mass is 174 g/mol. The normalized spacial score (nSPS) is 9.42. The number of ether oxygens (including phenoxy) is 2. The van der Waals surface area contributed by atoms with Crippen LogP contribution in [0.3, 0.4) is 0 Å². The highest BCUT2D eigenvalue weighted by Gasteiger charge is 2.00. The molecule has 0 aromatic heterocycles. The van der Waals surface area contributed by atoms with Crippen LogP contribution in [0.5, 0.6) is 0 Å². The van der Waals surface area contributed by atoms with Crippen molar-refractivity contribution in [2.75, 3.05) is 26.4 Å². The molecule has 0 radical (unpaired) electrons. The molecule has 0 aliphatic rings. The summed E-state index contributed by atoms with van der Waals surface area (Å²) >= 11 is 0. The first kappa shape index (κ1) is 11.1. The van der Waals surface area contributed by atoms with Crippen LogP contribution in [-0.4, -0.2) is 37.5 Å². The van der Waals surface area contributed by atoms with E-state index in [0.29, 0.717) is 0 Å². The summed E-state index contributed by atoms with van der Waals surface area (Å²) in [5, 5.41) is 8.32. The van der Waals surface area contributed by atoms with Crippen LogP contribution in [-0.2, 0) is 14.3 Å². The van der Waals surface area contributed by atoms with E-state index in [4.69, 9.17) is 9.84 Å². The van der Waals surface area contributed by atoms with Gasteiger partial charge in [-0.05, 0) is 0 Å². The quantitative estimate of drug-likeness (QED) is 0.338. The zero-order valence-corrected chi connectivity index (χ0v) is 6.99. The van der Waals surface area contributed by atoms with Crippen LogP contribution < -0.4 is 0 Å². The van der Waals surface area contributed by atoms with Crippen LogP contribution in [0.25, 0.3) is 0 Å². The lowest BCUT2D eigenvalue weighted by Crippen LogP contribution is -2.09. The van der Waals surface area contributed by atoms with Crippen LogP contribution in [0, 0.1) is 0 Å². The smallest absolute Gasteiger partial charge is 0.308 e. The van der Waals surface area contributed by atoms with E-state index in [0.717, 1.165) is 0 Å². The zero-order chi connectivity index (χ0) is 9.23. The SMILES string of the molecule is C=CCOC(=O)CCOCCO. The van der Waals surface area contributed by atoms with E-state index in [2.05, 4.69) is 11.3 Å². The Hall–Kier alpha value is -0.870. The molecule has 1 N–H and O–H groups in total. The summed E-state index contributed by atoms with van der Waals surface area (Å²) in [6, 6.07) is 0. The third kappa shape index (κ3) is 7.24. The Morgan fingerprint density at radius 2 is 2.25 bits per heavy atom. The number of carbonyl (C=O) groups is 1. The Kier molecular flexibility index (Phi) is 7.63. The van der Waals surface area contributed by atoms with Crippen LogP contribution in [0.4, 0.5) is 0 Å². The maximum atomic E-state index is 10.8. The minimum absolute atomic E-state index is 0.0261. The Labute approximate surface area is 71.8 Å². The molecule has 0 aromatic rings. The van der Waals surface area contributed by atoms with Gasteiger partial charge in [0.1, 0.15) is 6.61 Å². The van der Waals surface area contributed by atoms with Gasteiger partial charge in [0.2, 0.25) is 0 Å². The minimum atomic E-state index is -0.312. The summed E-state index contributed by atoms with van der Waals surface area (Å²) < 4.78 is 9.53. The molecule has 0 aliphatic carbocycles. The summed E-state index contributed by atoms with van der Waals surface area (Å²) in [6.07, 6.45) is 1.72. The summed E-state index contributed by atoms with van der Waals surface area (Å²) in [4.78, 5) is 10.8. The lowest BCUT2D eigenvalue weighted by molar-refractivity contribution is -0.143. The molecule has 0 heterocycles. The molecular weight excluding hydrogens is 160 g/mol. The predicted octanol–water partition coefficient (Wildman–Crippen LogP) is 0.115. The molecule has 0 saturated carbocycles. The van der Waals surface area contributed by atoms with Crippen LogP contribution >= 0.6 is 0 Å². The van der Waals surface area contributed by atoms with Gasteiger partial charge in [-0.2, -0.15) is 0 Å². The van der Waals surface area contributed by atoms with Gasteiger partial charge in [-0.1, -0.05) is 12.7 Å². The summed E-state index contributed by atoms with van der Waals surface area (Å²) in [5.41, 5.74) is 0. The van der Waals surface area contributed by atoms with E-state index >= 15 is 0 Å². The standard InChI is InChI=1S/C8H14O4/c1-2-5-12-8(10)3-6-11-7-4-9/h2,9H,1,3-7H2. The highest BCUT2D eigenvalue weighted by molar-refractivity contribution is 5.69. The Bertz CT molecular complexity index is 133. The molecule has 70 valence electrons. The van der Waals surface area contributed by atoms with Gasteiger partial charge in [0.25, 0.3) is 0 Å². The fourth-order valence-corrected chi connectivity index (χ4v) is 0.546. The average Bonchev–Trinajstić information content (AvgIpc) is 2.09. The molecule has 0 fully saturated rings. The fourth-order valence-electron chi connectivity index (χ4n) is 0.546. The van der Waals surface area contributed by atoms with Gasteiger partial charge in [0, 0.05) is 0 Å². The minimum Gasteiger partial charge on any atom is -0.461 e. The van der Waals surface area contributed by atoms with E-state index < -0.39 is 0 Å². The van der Waals surface area contributed by atoms with E-state index in [1.54, 1.807) is 0 Å². The van der Waals surface area contributed by atoms with Gasteiger partial charge in [-0.25, -0.2) is 0 Å². The molecule has 0 aromatic carbocycles. The van der Waals surface area contributed by atoms with Crippen molar-refractivity contribution in [3.63, 3.8) is 0 Å². The van der Waals surface area contributed by atoms with Crippen LogP contribution in [0.2, 0.25) is 0 Å². The highest BCUT2D eigenvalue weighted by Crippen LogP contribution is 1.87. The van der Waals surface area contributed by atoms with Crippen LogP contribution in [0.15, 0.2) is 12.7 Å². The van der Waals surface area contributed by atoms with Crippen molar-refractivity contribution in [3.05, 3.63) is 12.7 Å². The molecule has 0 unspecified atom stereocenters. The van der Waals surface area contributed by atoms with Gasteiger partial charge in [0.05, 0.1) is 26.2 Å². The number of aliphatic hydroxyl groups excluding tert-OH is 1. The van der Waals surface area contributed by atoms with E-state index in [9.17, 15) is 4.79 Å². The number of aliphatic hydroxyl groups is 1. The van der Waals surface area contributed by atoms with Crippen LogP contribution in [0.1, 0.15) is 6.42 Å². The first-order chi connectivity index (χ1) is 5.81. The average molecular weight is 174 g/mol. The predicted molar refractivity (Wildman–Crippen MR) is 43.7 cm³/mol. The summed E-state index contributed by atoms with van der Waals surface area (Å²) in [6.45, 7) is 4.16. The first-order valence-corrected chi connectivity index (χ1v) is 3.76. The largest absolute Gasteiger partial charge is 0.461 e. The number of hydrogen-bond donors (Lipinski definition) is 1. The molecule has 4 nitrogen and oxygen atoms in total. The zero-order valence-electron chi connectivity index (χ0n) is 6.99. The lowest BCUT2D eigenvalue weighted by atomic mass is 10.5. The lowest BCUT2D eigenvalue weighted by Gasteiger charge is -2.01. The van der Waals surface area contributed by atoms with Crippen molar-refractivity contribution in [1.82, 2.24) is 0 Å².